The first-order valence-corrected chi connectivity index (χ1v) is 5.92. The third-order valence-corrected chi connectivity index (χ3v) is 2.79. The molecule has 6 heteroatoms. The number of hydrogen-bond acceptors (Lipinski definition) is 4. The van der Waals surface area contributed by atoms with E-state index < -0.39 is 6.03 Å². The molecule has 6 nitrogen and oxygen atoms in total. The molecule has 1 rings (SSSR count). The minimum Gasteiger partial charge on any atom is -0.320 e. The lowest BCUT2D eigenvalue weighted by molar-refractivity contribution is 0.171. The van der Waals surface area contributed by atoms with Gasteiger partial charge in [-0.3, -0.25) is 10.4 Å². The van der Waals surface area contributed by atoms with Crippen molar-refractivity contribution >= 4 is 6.03 Å². The van der Waals surface area contributed by atoms with Gasteiger partial charge in [0.25, 0.3) is 0 Å². The maximum Gasteiger partial charge on any atom is 0.345 e. The molecule has 0 saturated heterocycles. The Balaban J connectivity index is 2.68. The van der Waals surface area contributed by atoms with Crippen molar-refractivity contribution in [2.45, 2.75) is 18.9 Å². The van der Waals surface area contributed by atoms with E-state index in [1.54, 1.807) is 0 Å². The number of amides is 2. The SMILES string of the molecule is CNCCC(Cc1ccccc1)N(N)C(=O)NN. The second-order valence-electron chi connectivity index (χ2n) is 4.09. The molecule has 1 aromatic carbocycles. The number of nitrogens with zero attached hydrogens (tertiary/aromatic N) is 1. The van der Waals surface area contributed by atoms with Gasteiger partial charge >= 0.3 is 6.03 Å². The molecular formula is C12H21N5O. The van der Waals surface area contributed by atoms with Crippen molar-refractivity contribution < 1.29 is 4.79 Å². The standard InChI is InChI=1S/C12H21N5O/c1-15-8-7-11(17(14)12(18)16-13)9-10-5-3-2-4-6-10/h2-6,11,15H,7-9,13-14H2,1H3,(H,16,18). The van der Waals surface area contributed by atoms with E-state index in [0.29, 0.717) is 6.42 Å². The zero-order chi connectivity index (χ0) is 13.4. The fraction of sp³-hybridized carbons (Fsp3) is 0.417. The van der Waals surface area contributed by atoms with Crippen molar-refractivity contribution in [3.05, 3.63) is 35.9 Å². The van der Waals surface area contributed by atoms with E-state index in [2.05, 4.69) is 5.32 Å². The first-order chi connectivity index (χ1) is 8.69. The summed E-state index contributed by atoms with van der Waals surface area (Å²) in [6.07, 6.45) is 1.46. The van der Waals surface area contributed by atoms with E-state index in [4.69, 9.17) is 11.7 Å². The van der Waals surface area contributed by atoms with Crippen molar-refractivity contribution in [3.63, 3.8) is 0 Å². The third-order valence-electron chi connectivity index (χ3n) is 2.79. The number of hydrazine groups is 2. The summed E-state index contributed by atoms with van der Waals surface area (Å²) in [5.74, 6) is 10.9. The number of carbonyl (C=O) groups is 1. The number of benzene rings is 1. The van der Waals surface area contributed by atoms with Crippen molar-refractivity contribution in [1.82, 2.24) is 15.8 Å². The predicted molar refractivity (Wildman–Crippen MR) is 71.2 cm³/mol. The van der Waals surface area contributed by atoms with Crippen LogP contribution in [0.5, 0.6) is 0 Å². The Bertz CT molecular complexity index is 357. The quantitative estimate of drug-likeness (QED) is 0.324. The van der Waals surface area contributed by atoms with Gasteiger partial charge in [-0.1, -0.05) is 30.3 Å². The van der Waals surface area contributed by atoms with Crippen molar-refractivity contribution in [3.8, 4) is 0 Å². The predicted octanol–water partition coefficient (Wildman–Crippen LogP) is -0.0338. The van der Waals surface area contributed by atoms with Crippen LogP contribution in [0.1, 0.15) is 12.0 Å². The molecule has 0 aromatic heterocycles. The Morgan fingerprint density at radius 2 is 2.06 bits per heavy atom. The van der Waals surface area contributed by atoms with Crippen LogP contribution in [0, 0.1) is 0 Å². The molecule has 100 valence electrons. The monoisotopic (exact) mass is 251 g/mol. The van der Waals surface area contributed by atoms with Gasteiger partial charge in [0.2, 0.25) is 0 Å². The molecule has 0 heterocycles. The zero-order valence-electron chi connectivity index (χ0n) is 10.6. The van der Waals surface area contributed by atoms with Crippen LogP contribution in [0.25, 0.3) is 0 Å². The molecule has 1 aromatic rings. The lowest BCUT2D eigenvalue weighted by atomic mass is 10.0. The maximum atomic E-state index is 11.5. The summed E-state index contributed by atoms with van der Waals surface area (Å²) in [6, 6.07) is 9.35. The number of hydrogen-bond donors (Lipinski definition) is 4. The van der Waals surface area contributed by atoms with Gasteiger partial charge in [-0.2, -0.15) is 0 Å². The summed E-state index contributed by atoms with van der Waals surface area (Å²) >= 11 is 0. The van der Waals surface area contributed by atoms with E-state index in [-0.39, 0.29) is 6.04 Å². The highest BCUT2D eigenvalue weighted by Crippen LogP contribution is 2.09. The first-order valence-electron chi connectivity index (χ1n) is 5.92. The molecule has 18 heavy (non-hydrogen) atoms. The van der Waals surface area contributed by atoms with Gasteiger partial charge in [-0.25, -0.2) is 16.5 Å². The van der Waals surface area contributed by atoms with E-state index >= 15 is 0 Å². The van der Waals surface area contributed by atoms with Crippen LogP contribution in [-0.2, 0) is 6.42 Å². The van der Waals surface area contributed by atoms with Crippen LogP contribution in [-0.4, -0.2) is 30.7 Å². The van der Waals surface area contributed by atoms with Gasteiger partial charge in [-0.05, 0) is 32.0 Å². The summed E-state index contributed by atoms with van der Waals surface area (Å²) < 4.78 is 0. The van der Waals surface area contributed by atoms with Crippen LogP contribution in [0.2, 0.25) is 0 Å². The van der Waals surface area contributed by atoms with Gasteiger partial charge in [0.05, 0.1) is 6.04 Å². The summed E-state index contributed by atoms with van der Waals surface area (Å²) in [4.78, 5) is 11.5. The summed E-state index contributed by atoms with van der Waals surface area (Å²) in [5.41, 5.74) is 3.19. The highest BCUT2D eigenvalue weighted by atomic mass is 16.2. The van der Waals surface area contributed by atoms with Gasteiger partial charge in [0, 0.05) is 0 Å². The van der Waals surface area contributed by atoms with Crippen LogP contribution < -0.4 is 22.4 Å². The number of carbonyl (C=O) groups excluding carboxylic acids is 1. The third kappa shape index (κ3) is 4.33. The fourth-order valence-electron chi connectivity index (χ4n) is 1.78. The Kier molecular flexibility index (Phi) is 6.13. The molecular weight excluding hydrogens is 230 g/mol. The molecule has 2 amide bonds. The highest BCUT2D eigenvalue weighted by Gasteiger charge is 2.20. The molecule has 0 spiro atoms. The highest BCUT2D eigenvalue weighted by molar-refractivity contribution is 5.73. The normalized spacial score (nSPS) is 11.9. The maximum absolute atomic E-state index is 11.5. The Labute approximate surface area is 107 Å². The van der Waals surface area contributed by atoms with E-state index in [1.807, 2.05) is 42.8 Å². The molecule has 0 aliphatic heterocycles. The minimum absolute atomic E-state index is 0.0941. The smallest absolute Gasteiger partial charge is 0.320 e. The first kappa shape index (κ1) is 14.4. The summed E-state index contributed by atoms with van der Waals surface area (Å²) in [5, 5.41) is 4.21. The lowest BCUT2D eigenvalue weighted by Crippen LogP contribution is -2.53. The molecule has 0 saturated carbocycles. The van der Waals surface area contributed by atoms with E-state index in [1.165, 1.54) is 0 Å². The molecule has 0 radical (unpaired) electrons. The number of nitrogens with two attached hydrogens (primary N) is 2. The molecule has 6 N–H and O–H groups in total. The van der Waals surface area contributed by atoms with Crippen LogP contribution >= 0.6 is 0 Å². The molecule has 0 aliphatic carbocycles. The minimum atomic E-state index is -0.480. The van der Waals surface area contributed by atoms with Crippen LogP contribution in [0.3, 0.4) is 0 Å². The van der Waals surface area contributed by atoms with Gasteiger partial charge in [0.15, 0.2) is 0 Å². The van der Waals surface area contributed by atoms with E-state index in [9.17, 15) is 4.79 Å². The summed E-state index contributed by atoms with van der Waals surface area (Å²) in [6.45, 7) is 0.781. The number of rotatable bonds is 6. The molecule has 1 atom stereocenters. The second-order valence-corrected chi connectivity index (χ2v) is 4.09. The van der Waals surface area contributed by atoms with Crippen LogP contribution in [0.15, 0.2) is 30.3 Å². The molecule has 0 fully saturated rings. The second kappa shape index (κ2) is 7.65. The Morgan fingerprint density at radius 3 is 2.61 bits per heavy atom. The average molecular weight is 251 g/mol. The topological polar surface area (TPSA) is 96.4 Å². The van der Waals surface area contributed by atoms with Crippen molar-refractivity contribution in [2.24, 2.45) is 11.7 Å². The Hall–Kier alpha value is -1.63. The van der Waals surface area contributed by atoms with Gasteiger partial charge in [0.1, 0.15) is 0 Å². The van der Waals surface area contributed by atoms with Crippen LogP contribution in [0.4, 0.5) is 4.79 Å². The molecule has 0 bridgehead atoms. The average Bonchev–Trinajstić information content (AvgIpc) is 2.42. The lowest BCUT2D eigenvalue weighted by Gasteiger charge is -2.27. The Morgan fingerprint density at radius 1 is 1.39 bits per heavy atom. The van der Waals surface area contributed by atoms with Crippen molar-refractivity contribution in [2.75, 3.05) is 13.6 Å². The zero-order valence-corrected chi connectivity index (χ0v) is 10.6. The number of nitrogens with one attached hydrogen (secondary N) is 2. The number of urea groups is 1. The van der Waals surface area contributed by atoms with Gasteiger partial charge < -0.3 is 5.32 Å². The largest absolute Gasteiger partial charge is 0.345 e. The van der Waals surface area contributed by atoms with E-state index in [0.717, 1.165) is 23.5 Å². The molecule has 1 unspecified atom stereocenters. The van der Waals surface area contributed by atoms with Crippen molar-refractivity contribution in [1.29, 1.82) is 0 Å². The fourth-order valence-corrected chi connectivity index (χ4v) is 1.78. The van der Waals surface area contributed by atoms with Gasteiger partial charge in [-0.15, -0.1) is 0 Å². The molecule has 0 aliphatic rings. The summed E-state index contributed by atoms with van der Waals surface area (Å²) in [7, 11) is 1.86.